The molecule has 0 spiro atoms. The highest BCUT2D eigenvalue weighted by atomic mass is 16.2. The third-order valence-corrected chi connectivity index (χ3v) is 4.45. The molecule has 23 heavy (non-hydrogen) atoms. The third-order valence-electron chi connectivity index (χ3n) is 4.45. The fourth-order valence-electron chi connectivity index (χ4n) is 3.20. The smallest absolute Gasteiger partial charge is 0.238 e. The monoisotopic (exact) mass is 309 g/mol. The molecule has 0 saturated carbocycles. The Kier molecular flexibility index (Phi) is 4.74. The third kappa shape index (κ3) is 3.78. The average Bonchev–Trinajstić information content (AvgIpc) is 2.91. The SMILES string of the molecule is Cc1ccccc1NC(=O)CN1C[C@@H](N)[C@H](c2ccccc2)C1. The number of carbonyl (C=O) groups excluding carboxylic acids is 1. The summed E-state index contributed by atoms with van der Waals surface area (Å²) in [6.07, 6.45) is 0. The molecule has 1 aliphatic heterocycles. The number of aryl methyl sites for hydroxylation is 1. The van der Waals surface area contributed by atoms with Gasteiger partial charge < -0.3 is 11.1 Å². The molecule has 1 amide bonds. The van der Waals surface area contributed by atoms with Gasteiger partial charge in [0.15, 0.2) is 0 Å². The summed E-state index contributed by atoms with van der Waals surface area (Å²) in [5.74, 6) is 0.308. The maximum Gasteiger partial charge on any atom is 0.238 e. The van der Waals surface area contributed by atoms with Crippen LogP contribution in [-0.2, 0) is 4.79 Å². The Bertz CT molecular complexity index is 671. The van der Waals surface area contributed by atoms with E-state index < -0.39 is 0 Å². The summed E-state index contributed by atoms with van der Waals surface area (Å²) in [6.45, 7) is 3.95. The Balaban J connectivity index is 1.59. The molecule has 0 radical (unpaired) electrons. The summed E-state index contributed by atoms with van der Waals surface area (Å²) in [5.41, 5.74) is 9.48. The van der Waals surface area contributed by atoms with Crippen LogP contribution >= 0.6 is 0 Å². The summed E-state index contributed by atoms with van der Waals surface area (Å²) in [4.78, 5) is 14.4. The van der Waals surface area contributed by atoms with E-state index in [1.54, 1.807) is 0 Å². The minimum atomic E-state index is 0.0141. The van der Waals surface area contributed by atoms with E-state index in [0.717, 1.165) is 24.3 Å². The highest BCUT2D eigenvalue weighted by molar-refractivity contribution is 5.92. The van der Waals surface area contributed by atoms with Gasteiger partial charge in [-0.25, -0.2) is 0 Å². The molecule has 0 aromatic heterocycles. The average molecular weight is 309 g/mol. The molecule has 3 rings (SSSR count). The van der Waals surface area contributed by atoms with E-state index in [1.807, 2.05) is 49.4 Å². The van der Waals surface area contributed by atoms with Gasteiger partial charge in [-0.15, -0.1) is 0 Å². The molecular weight excluding hydrogens is 286 g/mol. The van der Waals surface area contributed by atoms with Crippen LogP contribution < -0.4 is 11.1 Å². The number of nitrogens with two attached hydrogens (primary N) is 1. The van der Waals surface area contributed by atoms with Crippen molar-refractivity contribution in [2.45, 2.75) is 18.9 Å². The van der Waals surface area contributed by atoms with Crippen LogP contribution in [0.3, 0.4) is 0 Å². The lowest BCUT2D eigenvalue weighted by Crippen LogP contribution is -2.33. The van der Waals surface area contributed by atoms with Crippen molar-refractivity contribution in [1.82, 2.24) is 4.90 Å². The van der Waals surface area contributed by atoms with Crippen LogP contribution in [-0.4, -0.2) is 36.5 Å². The number of para-hydroxylation sites is 1. The van der Waals surface area contributed by atoms with Crippen molar-refractivity contribution >= 4 is 11.6 Å². The summed E-state index contributed by atoms with van der Waals surface area (Å²) >= 11 is 0. The molecule has 2 aromatic carbocycles. The van der Waals surface area contributed by atoms with Crippen molar-refractivity contribution in [3.05, 3.63) is 65.7 Å². The van der Waals surface area contributed by atoms with Crippen molar-refractivity contribution in [3.8, 4) is 0 Å². The van der Waals surface area contributed by atoms with Gasteiger partial charge in [0.2, 0.25) is 5.91 Å². The number of rotatable bonds is 4. The Morgan fingerprint density at radius 3 is 2.57 bits per heavy atom. The van der Waals surface area contributed by atoms with Gasteiger partial charge in [0.05, 0.1) is 6.54 Å². The molecule has 2 aromatic rings. The molecule has 1 fully saturated rings. The molecule has 4 nitrogen and oxygen atoms in total. The molecule has 1 aliphatic rings. The fraction of sp³-hybridized carbons (Fsp3) is 0.316. The molecule has 0 unspecified atom stereocenters. The molecule has 4 heteroatoms. The number of nitrogens with one attached hydrogen (secondary N) is 1. The maximum absolute atomic E-state index is 12.3. The molecular formula is C19H23N3O. The number of amides is 1. The first-order valence-corrected chi connectivity index (χ1v) is 8.02. The number of hydrogen-bond donors (Lipinski definition) is 2. The Labute approximate surface area is 137 Å². The second-order valence-electron chi connectivity index (χ2n) is 6.24. The van der Waals surface area contributed by atoms with E-state index in [0.29, 0.717) is 12.5 Å². The lowest BCUT2D eigenvalue weighted by atomic mass is 9.95. The first-order valence-electron chi connectivity index (χ1n) is 8.02. The molecule has 0 bridgehead atoms. The zero-order valence-corrected chi connectivity index (χ0v) is 13.4. The lowest BCUT2D eigenvalue weighted by molar-refractivity contribution is -0.117. The van der Waals surface area contributed by atoms with Crippen molar-refractivity contribution in [2.24, 2.45) is 5.73 Å². The number of hydrogen-bond acceptors (Lipinski definition) is 3. The van der Waals surface area contributed by atoms with Crippen LogP contribution in [0, 0.1) is 6.92 Å². The van der Waals surface area contributed by atoms with Crippen LogP contribution in [0.25, 0.3) is 0 Å². The number of benzene rings is 2. The van der Waals surface area contributed by atoms with Gasteiger partial charge in [0, 0.05) is 30.7 Å². The second kappa shape index (κ2) is 6.94. The van der Waals surface area contributed by atoms with Gasteiger partial charge in [-0.1, -0.05) is 48.5 Å². The minimum absolute atomic E-state index is 0.0141. The first-order chi connectivity index (χ1) is 11.1. The topological polar surface area (TPSA) is 58.4 Å². The normalized spacial score (nSPS) is 21.3. The van der Waals surface area contributed by atoms with E-state index >= 15 is 0 Å². The quantitative estimate of drug-likeness (QED) is 0.911. The summed E-state index contributed by atoms with van der Waals surface area (Å²) < 4.78 is 0. The van der Waals surface area contributed by atoms with E-state index in [1.165, 1.54) is 5.56 Å². The van der Waals surface area contributed by atoms with Crippen molar-refractivity contribution in [3.63, 3.8) is 0 Å². The minimum Gasteiger partial charge on any atom is -0.326 e. The van der Waals surface area contributed by atoms with E-state index in [-0.39, 0.29) is 11.9 Å². The number of anilines is 1. The van der Waals surface area contributed by atoms with Gasteiger partial charge in [0.25, 0.3) is 0 Å². The van der Waals surface area contributed by atoms with Gasteiger partial charge in [-0.3, -0.25) is 9.69 Å². The molecule has 120 valence electrons. The summed E-state index contributed by atoms with van der Waals surface area (Å²) in [5, 5.41) is 2.99. The maximum atomic E-state index is 12.3. The van der Waals surface area contributed by atoms with Crippen LogP contribution in [0.5, 0.6) is 0 Å². The van der Waals surface area contributed by atoms with E-state index in [4.69, 9.17) is 5.73 Å². The van der Waals surface area contributed by atoms with Gasteiger partial charge in [-0.05, 0) is 24.1 Å². The Hall–Kier alpha value is -2.17. The first kappa shape index (κ1) is 15.7. The standard InChI is InChI=1S/C19H23N3O/c1-14-7-5-6-10-18(14)21-19(23)13-22-11-16(17(20)12-22)15-8-3-2-4-9-15/h2-10,16-17H,11-13,20H2,1H3,(H,21,23)/t16-,17+/m0/s1. The molecule has 1 heterocycles. The zero-order chi connectivity index (χ0) is 16.2. The van der Waals surface area contributed by atoms with Crippen molar-refractivity contribution < 1.29 is 4.79 Å². The zero-order valence-electron chi connectivity index (χ0n) is 13.4. The lowest BCUT2D eigenvalue weighted by Gasteiger charge is -2.16. The number of carbonyl (C=O) groups is 1. The van der Waals surface area contributed by atoms with Crippen molar-refractivity contribution in [2.75, 3.05) is 25.0 Å². The molecule has 0 aliphatic carbocycles. The molecule has 2 atom stereocenters. The van der Waals surface area contributed by atoms with Gasteiger partial charge >= 0.3 is 0 Å². The van der Waals surface area contributed by atoms with Crippen LogP contribution in [0.1, 0.15) is 17.0 Å². The highest BCUT2D eigenvalue weighted by Crippen LogP contribution is 2.26. The van der Waals surface area contributed by atoms with Crippen LogP contribution in [0.2, 0.25) is 0 Å². The van der Waals surface area contributed by atoms with Crippen LogP contribution in [0.4, 0.5) is 5.69 Å². The predicted octanol–water partition coefficient (Wildman–Crippen LogP) is 2.36. The predicted molar refractivity (Wildman–Crippen MR) is 93.4 cm³/mol. The largest absolute Gasteiger partial charge is 0.326 e. The van der Waals surface area contributed by atoms with Gasteiger partial charge in [-0.2, -0.15) is 0 Å². The fourth-order valence-corrected chi connectivity index (χ4v) is 3.20. The van der Waals surface area contributed by atoms with Gasteiger partial charge in [0.1, 0.15) is 0 Å². The van der Waals surface area contributed by atoms with E-state index in [2.05, 4.69) is 22.3 Å². The molecule has 3 N–H and O–H groups in total. The van der Waals surface area contributed by atoms with Crippen molar-refractivity contribution in [1.29, 1.82) is 0 Å². The highest BCUT2D eigenvalue weighted by Gasteiger charge is 2.31. The number of nitrogens with zero attached hydrogens (tertiary/aromatic N) is 1. The summed E-state index contributed by atoms with van der Waals surface area (Å²) in [7, 11) is 0. The van der Waals surface area contributed by atoms with E-state index in [9.17, 15) is 4.79 Å². The second-order valence-corrected chi connectivity index (χ2v) is 6.24. The Morgan fingerprint density at radius 2 is 1.83 bits per heavy atom. The van der Waals surface area contributed by atoms with Crippen LogP contribution in [0.15, 0.2) is 54.6 Å². The summed E-state index contributed by atoms with van der Waals surface area (Å²) in [6, 6.07) is 18.2. The number of likely N-dealkylation sites (tertiary alicyclic amines) is 1. The Morgan fingerprint density at radius 1 is 1.13 bits per heavy atom. The molecule has 1 saturated heterocycles.